The van der Waals surface area contributed by atoms with Gasteiger partial charge in [-0.05, 0) is 6.07 Å². The van der Waals surface area contributed by atoms with Gasteiger partial charge in [0.05, 0.1) is 18.1 Å². The molecule has 1 aromatic carbocycles. The molecule has 0 unspecified atom stereocenters. The second-order valence-corrected chi connectivity index (χ2v) is 3.78. The van der Waals surface area contributed by atoms with E-state index < -0.39 is 4.92 Å². The van der Waals surface area contributed by atoms with E-state index in [9.17, 15) is 14.9 Å². The first kappa shape index (κ1) is 11.4. The summed E-state index contributed by atoms with van der Waals surface area (Å²) in [6, 6.07) is 4.13. The molecule has 1 aromatic rings. The number of nitro benzene ring substituents is 1. The van der Waals surface area contributed by atoms with Crippen LogP contribution in [0.1, 0.15) is 12.8 Å². The number of Topliss-reactive ketones (excluding diaryl/α,β-unsaturated/α-hetero) is 1. The molecule has 90 valence electrons. The van der Waals surface area contributed by atoms with Crippen LogP contribution in [-0.4, -0.2) is 23.9 Å². The number of methoxy groups -OCH3 is 1. The van der Waals surface area contributed by atoms with Crippen LogP contribution in [0.25, 0.3) is 0 Å². The van der Waals surface area contributed by atoms with E-state index in [4.69, 9.17) is 9.47 Å². The highest BCUT2D eigenvalue weighted by Gasteiger charge is 2.29. The minimum Gasteiger partial charge on any atom is -0.493 e. The Morgan fingerprint density at radius 1 is 1.35 bits per heavy atom. The van der Waals surface area contributed by atoms with E-state index in [1.54, 1.807) is 0 Å². The van der Waals surface area contributed by atoms with Gasteiger partial charge >= 0.3 is 0 Å². The molecule has 1 saturated carbocycles. The fourth-order valence-electron chi connectivity index (χ4n) is 1.58. The third-order valence-corrected chi connectivity index (χ3v) is 2.56. The maximum atomic E-state index is 10.8. The summed E-state index contributed by atoms with van der Waals surface area (Å²) in [5.41, 5.74) is -0.0635. The number of rotatable bonds is 4. The van der Waals surface area contributed by atoms with E-state index >= 15 is 0 Å². The molecule has 0 aliphatic heterocycles. The van der Waals surface area contributed by atoms with Gasteiger partial charge in [-0.2, -0.15) is 0 Å². The molecule has 0 spiro atoms. The zero-order valence-electron chi connectivity index (χ0n) is 9.21. The van der Waals surface area contributed by atoms with Crippen LogP contribution in [0.15, 0.2) is 18.2 Å². The van der Waals surface area contributed by atoms with Crippen LogP contribution in [0.2, 0.25) is 0 Å². The highest BCUT2D eigenvalue weighted by atomic mass is 16.6. The molecule has 0 bridgehead atoms. The van der Waals surface area contributed by atoms with Crippen molar-refractivity contribution in [2.24, 2.45) is 0 Å². The van der Waals surface area contributed by atoms with Crippen molar-refractivity contribution in [1.29, 1.82) is 0 Å². The second-order valence-electron chi connectivity index (χ2n) is 3.78. The lowest BCUT2D eigenvalue weighted by Crippen LogP contribution is -2.33. The monoisotopic (exact) mass is 237 g/mol. The normalized spacial score (nSPS) is 15.2. The summed E-state index contributed by atoms with van der Waals surface area (Å²) in [5, 5.41) is 10.6. The van der Waals surface area contributed by atoms with Crippen molar-refractivity contribution >= 4 is 11.5 Å². The molecule has 0 N–H and O–H groups in total. The minimum atomic E-state index is -0.502. The molecular weight excluding hydrogens is 226 g/mol. The Kier molecular flexibility index (Phi) is 2.95. The molecular formula is C11H11NO5. The number of non-ortho nitro benzene ring substituents is 1. The highest BCUT2D eigenvalue weighted by Crippen LogP contribution is 2.34. The third kappa shape index (κ3) is 2.35. The second kappa shape index (κ2) is 4.40. The van der Waals surface area contributed by atoms with Crippen molar-refractivity contribution in [2.75, 3.05) is 7.11 Å². The molecule has 0 aromatic heterocycles. The van der Waals surface area contributed by atoms with Crippen molar-refractivity contribution in [2.45, 2.75) is 18.9 Å². The van der Waals surface area contributed by atoms with Crippen LogP contribution in [-0.2, 0) is 4.79 Å². The maximum absolute atomic E-state index is 10.8. The number of benzene rings is 1. The van der Waals surface area contributed by atoms with Crippen molar-refractivity contribution in [3.63, 3.8) is 0 Å². The van der Waals surface area contributed by atoms with Crippen LogP contribution < -0.4 is 9.47 Å². The van der Waals surface area contributed by atoms with Gasteiger partial charge in [0.1, 0.15) is 11.9 Å². The van der Waals surface area contributed by atoms with E-state index in [-0.39, 0.29) is 17.6 Å². The predicted molar refractivity (Wildman–Crippen MR) is 58.3 cm³/mol. The fraction of sp³-hybridized carbons (Fsp3) is 0.364. The molecule has 0 radical (unpaired) electrons. The van der Waals surface area contributed by atoms with Gasteiger partial charge in [0.15, 0.2) is 11.5 Å². The molecule has 0 saturated heterocycles. The summed E-state index contributed by atoms with van der Waals surface area (Å²) in [6.45, 7) is 0. The summed E-state index contributed by atoms with van der Waals surface area (Å²) < 4.78 is 10.5. The van der Waals surface area contributed by atoms with Gasteiger partial charge in [-0.15, -0.1) is 0 Å². The SMILES string of the molecule is COc1ccc([N+](=O)[O-])cc1OC1CC(=O)C1. The number of hydrogen-bond donors (Lipinski definition) is 0. The zero-order chi connectivity index (χ0) is 12.4. The Hall–Kier alpha value is -2.11. The lowest BCUT2D eigenvalue weighted by atomic mass is 9.94. The fourth-order valence-corrected chi connectivity index (χ4v) is 1.58. The molecule has 17 heavy (non-hydrogen) atoms. The van der Waals surface area contributed by atoms with E-state index in [1.165, 1.54) is 25.3 Å². The molecule has 2 rings (SSSR count). The standard InChI is InChI=1S/C11H11NO5/c1-16-10-3-2-7(12(14)15)4-11(10)17-9-5-8(13)6-9/h2-4,9H,5-6H2,1H3. The van der Waals surface area contributed by atoms with Gasteiger partial charge in [-0.1, -0.05) is 0 Å². The molecule has 1 aliphatic rings. The van der Waals surface area contributed by atoms with Crippen LogP contribution >= 0.6 is 0 Å². The first-order chi connectivity index (χ1) is 8.10. The maximum Gasteiger partial charge on any atom is 0.273 e. The number of ether oxygens (including phenoxy) is 2. The van der Waals surface area contributed by atoms with Crippen LogP contribution in [0, 0.1) is 10.1 Å². The quantitative estimate of drug-likeness (QED) is 0.588. The van der Waals surface area contributed by atoms with Crippen molar-refractivity contribution < 1.29 is 19.2 Å². The smallest absolute Gasteiger partial charge is 0.273 e. The molecule has 6 heteroatoms. The summed E-state index contributed by atoms with van der Waals surface area (Å²) in [5.74, 6) is 0.869. The summed E-state index contributed by atoms with van der Waals surface area (Å²) in [6.07, 6.45) is 0.510. The van der Waals surface area contributed by atoms with E-state index in [0.29, 0.717) is 24.3 Å². The average Bonchev–Trinajstić information content (AvgIpc) is 2.26. The first-order valence-corrected chi connectivity index (χ1v) is 5.11. The number of carbonyl (C=O) groups excluding carboxylic acids is 1. The largest absolute Gasteiger partial charge is 0.493 e. The predicted octanol–water partition coefficient (Wildman–Crippen LogP) is 1.71. The minimum absolute atomic E-state index is 0.0635. The van der Waals surface area contributed by atoms with Gasteiger partial charge in [0, 0.05) is 18.9 Å². The van der Waals surface area contributed by atoms with Gasteiger partial charge < -0.3 is 9.47 Å². The Balaban J connectivity index is 2.20. The van der Waals surface area contributed by atoms with Crippen molar-refractivity contribution in [3.8, 4) is 11.5 Å². The van der Waals surface area contributed by atoms with E-state index in [1.807, 2.05) is 0 Å². The summed E-state index contributed by atoms with van der Waals surface area (Å²) in [4.78, 5) is 20.9. The van der Waals surface area contributed by atoms with Gasteiger partial charge in [0.2, 0.25) is 0 Å². The average molecular weight is 237 g/mol. The topological polar surface area (TPSA) is 78.7 Å². The molecule has 0 heterocycles. The number of hydrogen-bond acceptors (Lipinski definition) is 5. The number of nitrogens with zero attached hydrogens (tertiary/aromatic N) is 1. The molecule has 1 fully saturated rings. The van der Waals surface area contributed by atoms with Crippen LogP contribution in [0.4, 0.5) is 5.69 Å². The lowest BCUT2D eigenvalue weighted by Gasteiger charge is -2.25. The molecule has 6 nitrogen and oxygen atoms in total. The van der Waals surface area contributed by atoms with Crippen LogP contribution in [0.3, 0.4) is 0 Å². The van der Waals surface area contributed by atoms with Gasteiger partial charge in [-0.25, -0.2) is 0 Å². The Labute approximate surface area is 97.3 Å². The van der Waals surface area contributed by atoms with Crippen molar-refractivity contribution in [1.82, 2.24) is 0 Å². The summed E-state index contributed by atoms with van der Waals surface area (Å²) >= 11 is 0. The van der Waals surface area contributed by atoms with E-state index in [0.717, 1.165) is 0 Å². The highest BCUT2D eigenvalue weighted by molar-refractivity contribution is 5.85. The third-order valence-electron chi connectivity index (χ3n) is 2.56. The number of carbonyl (C=O) groups is 1. The first-order valence-electron chi connectivity index (χ1n) is 5.11. The summed E-state index contributed by atoms with van der Waals surface area (Å²) in [7, 11) is 1.46. The zero-order valence-corrected chi connectivity index (χ0v) is 9.21. The Morgan fingerprint density at radius 2 is 2.06 bits per heavy atom. The number of nitro groups is 1. The number of ketones is 1. The van der Waals surface area contributed by atoms with Crippen LogP contribution in [0.5, 0.6) is 11.5 Å². The molecule has 0 amide bonds. The Morgan fingerprint density at radius 3 is 2.59 bits per heavy atom. The lowest BCUT2D eigenvalue weighted by molar-refractivity contribution is -0.385. The Bertz CT molecular complexity index is 463. The molecule has 1 aliphatic carbocycles. The van der Waals surface area contributed by atoms with Gasteiger partial charge in [-0.3, -0.25) is 14.9 Å². The molecule has 0 atom stereocenters. The van der Waals surface area contributed by atoms with E-state index in [2.05, 4.69) is 0 Å². The van der Waals surface area contributed by atoms with Gasteiger partial charge in [0.25, 0.3) is 5.69 Å². The van der Waals surface area contributed by atoms with Crippen molar-refractivity contribution in [3.05, 3.63) is 28.3 Å².